The van der Waals surface area contributed by atoms with E-state index in [1.54, 1.807) is 16.7 Å². The molecule has 3 rings (SSSR count). The second kappa shape index (κ2) is 8.05. The first-order chi connectivity index (χ1) is 13.2. The second-order valence-corrected chi connectivity index (χ2v) is 6.36. The molecule has 1 N–H and O–H groups in total. The van der Waals surface area contributed by atoms with Crippen molar-refractivity contribution in [1.29, 1.82) is 0 Å². The summed E-state index contributed by atoms with van der Waals surface area (Å²) in [6, 6.07) is 5.87. The van der Waals surface area contributed by atoms with Crippen LogP contribution in [0.15, 0.2) is 30.5 Å². The highest BCUT2D eigenvalue weighted by atomic mass is 19.4. The number of nitro groups is 1. The predicted octanol–water partition coefficient (Wildman–Crippen LogP) is 3.06. The van der Waals surface area contributed by atoms with Gasteiger partial charge in [0.2, 0.25) is 0 Å². The SMILES string of the molecule is CCC1Oc2nc([N+](=O)[O-])cn2CC1NCCc1ccc(OC(F)(F)F)cc1. The Bertz CT molecular complexity index is 823. The normalized spacial score (nSPS) is 19.0. The third-order valence-electron chi connectivity index (χ3n) is 4.39. The van der Waals surface area contributed by atoms with E-state index in [4.69, 9.17) is 4.74 Å². The Labute approximate surface area is 158 Å². The maximum Gasteiger partial charge on any atom is 0.573 e. The van der Waals surface area contributed by atoms with Crippen LogP contribution in [0, 0.1) is 10.1 Å². The summed E-state index contributed by atoms with van der Waals surface area (Å²) < 4.78 is 47.8. The van der Waals surface area contributed by atoms with Gasteiger partial charge in [0, 0.05) is 11.5 Å². The van der Waals surface area contributed by atoms with Crippen molar-refractivity contribution >= 4 is 5.82 Å². The molecule has 0 fully saturated rings. The zero-order chi connectivity index (χ0) is 20.3. The molecule has 2 unspecified atom stereocenters. The lowest BCUT2D eigenvalue weighted by atomic mass is 10.1. The zero-order valence-electron chi connectivity index (χ0n) is 15.0. The first-order valence-electron chi connectivity index (χ1n) is 8.71. The number of nitrogens with zero attached hydrogens (tertiary/aromatic N) is 3. The highest BCUT2D eigenvalue weighted by Crippen LogP contribution is 2.26. The zero-order valence-corrected chi connectivity index (χ0v) is 15.0. The molecule has 8 nitrogen and oxygen atoms in total. The van der Waals surface area contributed by atoms with Crippen LogP contribution in [0.5, 0.6) is 11.8 Å². The smallest absolute Gasteiger partial charge is 0.441 e. The van der Waals surface area contributed by atoms with Crippen LogP contribution in [0.25, 0.3) is 0 Å². The molecule has 152 valence electrons. The largest absolute Gasteiger partial charge is 0.573 e. The number of ether oxygens (including phenoxy) is 2. The molecule has 0 amide bonds. The van der Waals surface area contributed by atoms with E-state index in [-0.39, 0.29) is 29.7 Å². The van der Waals surface area contributed by atoms with Crippen LogP contribution in [-0.2, 0) is 13.0 Å². The average Bonchev–Trinajstić information content (AvgIpc) is 3.04. The van der Waals surface area contributed by atoms with Gasteiger partial charge < -0.3 is 24.9 Å². The van der Waals surface area contributed by atoms with Gasteiger partial charge in [-0.15, -0.1) is 13.2 Å². The van der Waals surface area contributed by atoms with Gasteiger partial charge in [-0.2, -0.15) is 0 Å². The van der Waals surface area contributed by atoms with Crippen LogP contribution >= 0.6 is 0 Å². The number of rotatable bonds is 7. The molecule has 0 spiro atoms. The quantitative estimate of drug-likeness (QED) is 0.567. The molecule has 28 heavy (non-hydrogen) atoms. The van der Waals surface area contributed by atoms with Gasteiger partial charge in [0.15, 0.2) is 0 Å². The number of fused-ring (bicyclic) bond motifs is 1. The van der Waals surface area contributed by atoms with Crippen molar-refractivity contribution in [3.63, 3.8) is 0 Å². The maximum atomic E-state index is 12.2. The number of hydrogen-bond donors (Lipinski definition) is 1. The van der Waals surface area contributed by atoms with Gasteiger partial charge in [0.25, 0.3) is 0 Å². The number of imidazole rings is 1. The Hall–Kier alpha value is -2.82. The number of hydrogen-bond acceptors (Lipinski definition) is 6. The molecule has 0 saturated heterocycles. The number of nitrogens with one attached hydrogen (secondary N) is 1. The molecule has 1 aromatic carbocycles. The van der Waals surface area contributed by atoms with Gasteiger partial charge in [-0.3, -0.25) is 4.57 Å². The van der Waals surface area contributed by atoms with E-state index in [1.807, 2.05) is 6.92 Å². The van der Waals surface area contributed by atoms with Crippen molar-refractivity contribution < 1.29 is 27.6 Å². The molecular formula is C17H19F3N4O4. The minimum atomic E-state index is -4.71. The first kappa shape index (κ1) is 19.9. The Morgan fingerprint density at radius 2 is 2.11 bits per heavy atom. The van der Waals surface area contributed by atoms with Crippen LogP contribution in [-0.4, -0.2) is 39.5 Å². The second-order valence-electron chi connectivity index (χ2n) is 6.36. The topological polar surface area (TPSA) is 91.5 Å². The van der Waals surface area contributed by atoms with Gasteiger partial charge >= 0.3 is 18.2 Å². The Morgan fingerprint density at radius 3 is 2.71 bits per heavy atom. The Morgan fingerprint density at radius 1 is 1.39 bits per heavy atom. The molecule has 2 heterocycles. The summed E-state index contributed by atoms with van der Waals surface area (Å²) >= 11 is 0. The van der Waals surface area contributed by atoms with Crippen molar-refractivity contribution in [2.24, 2.45) is 0 Å². The molecule has 0 aliphatic carbocycles. The molecule has 1 aliphatic heterocycles. The van der Waals surface area contributed by atoms with E-state index in [0.29, 0.717) is 25.9 Å². The van der Waals surface area contributed by atoms with E-state index in [0.717, 1.165) is 5.56 Å². The van der Waals surface area contributed by atoms with Crippen molar-refractivity contribution in [3.8, 4) is 11.8 Å². The van der Waals surface area contributed by atoms with Crippen LogP contribution in [0.4, 0.5) is 19.0 Å². The lowest BCUT2D eigenvalue weighted by molar-refractivity contribution is -0.389. The van der Waals surface area contributed by atoms with Crippen molar-refractivity contribution in [1.82, 2.24) is 14.9 Å². The maximum absolute atomic E-state index is 12.2. The minimum Gasteiger partial charge on any atom is -0.441 e. The fraction of sp³-hybridized carbons (Fsp3) is 0.471. The average molecular weight is 400 g/mol. The highest BCUT2D eigenvalue weighted by Gasteiger charge is 2.34. The summed E-state index contributed by atoms with van der Waals surface area (Å²) in [4.78, 5) is 14.2. The van der Waals surface area contributed by atoms with E-state index in [9.17, 15) is 23.3 Å². The van der Waals surface area contributed by atoms with E-state index < -0.39 is 11.3 Å². The molecule has 11 heteroatoms. The fourth-order valence-corrected chi connectivity index (χ4v) is 3.07. The van der Waals surface area contributed by atoms with Crippen molar-refractivity contribution in [3.05, 3.63) is 46.1 Å². The summed E-state index contributed by atoms with van der Waals surface area (Å²) in [5.41, 5.74) is 0.853. The van der Waals surface area contributed by atoms with Gasteiger partial charge in [0.1, 0.15) is 18.1 Å². The van der Waals surface area contributed by atoms with E-state index >= 15 is 0 Å². The third kappa shape index (κ3) is 4.91. The molecule has 2 aromatic rings. The molecular weight excluding hydrogens is 381 g/mol. The number of benzene rings is 1. The van der Waals surface area contributed by atoms with E-state index in [2.05, 4.69) is 15.0 Å². The number of alkyl halides is 3. The molecule has 0 bridgehead atoms. The van der Waals surface area contributed by atoms with Crippen LogP contribution < -0.4 is 14.8 Å². The molecule has 1 aromatic heterocycles. The van der Waals surface area contributed by atoms with Crippen molar-refractivity contribution in [2.75, 3.05) is 6.54 Å². The van der Waals surface area contributed by atoms with Crippen LogP contribution in [0.2, 0.25) is 0 Å². The van der Waals surface area contributed by atoms with Crippen LogP contribution in [0.3, 0.4) is 0 Å². The number of aromatic nitrogens is 2. The predicted molar refractivity (Wildman–Crippen MR) is 92.2 cm³/mol. The third-order valence-corrected chi connectivity index (χ3v) is 4.39. The summed E-state index contributed by atoms with van der Waals surface area (Å²) in [7, 11) is 0. The Balaban J connectivity index is 1.55. The van der Waals surface area contributed by atoms with Crippen LogP contribution in [0.1, 0.15) is 18.9 Å². The van der Waals surface area contributed by atoms with Gasteiger partial charge in [-0.1, -0.05) is 19.1 Å². The molecule has 1 aliphatic rings. The lowest BCUT2D eigenvalue weighted by Crippen LogP contribution is -2.49. The van der Waals surface area contributed by atoms with Gasteiger partial charge in [-0.25, -0.2) is 0 Å². The Kier molecular flexibility index (Phi) is 5.73. The molecule has 2 atom stereocenters. The summed E-state index contributed by atoms with van der Waals surface area (Å²) in [6.45, 7) is 2.99. The fourth-order valence-electron chi connectivity index (χ4n) is 3.07. The summed E-state index contributed by atoms with van der Waals surface area (Å²) in [5, 5.41) is 14.2. The minimum absolute atomic E-state index is 0.0702. The molecule has 0 radical (unpaired) electrons. The van der Waals surface area contributed by atoms with E-state index in [1.165, 1.54) is 18.3 Å². The first-order valence-corrected chi connectivity index (χ1v) is 8.71. The lowest BCUT2D eigenvalue weighted by Gasteiger charge is -2.31. The summed E-state index contributed by atoms with van der Waals surface area (Å²) in [6.07, 6.45) is -2.26. The number of halogens is 3. The van der Waals surface area contributed by atoms with Gasteiger partial charge in [-0.05, 0) is 42.0 Å². The van der Waals surface area contributed by atoms with Crippen molar-refractivity contribution in [2.45, 2.75) is 44.8 Å². The highest BCUT2D eigenvalue weighted by molar-refractivity contribution is 5.27. The monoisotopic (exact) mass is 400 g/mol. The summed E-state index contributed by atoms with van der Waals surface area (Å²) in [5.74, 6) is -0.517. The molecule has 0 saturated carbocycles. The van der Waals surface area contributed by atoms with Gasteiger partial charge in [0.05, 0.1) is 6.04 Å². The standard InChI is InChI=1S/C17H19F3N4O4/c1-2-14-13(9-23-10-15(24(25)26)22-16(23)27-14)21-8-7-11-3-5-12(6-4-11)28-17(18,19)20/h3-6,10,13-14,21H,2,7-9H2,1H3.